The summed E-state index contributed by atoms with van der Waals surface area (Å²) >= 11 is 0. The number of hydrogen-bond donors (Lipinski definition) is 1. The van der Waals surface area contributed by atoms with E-state index in [1.165, 1.54) is 12.3 Å². The normalized spacial score (nSPS) is 13.2. The van der Waals surface area contributed by atoms with Crippen molar-refractivity contribution < 1.29 is 9.59 Å². The highest BCUT2D eigenvalue weighted by Crippen LogP contribution is 2.21. The van der Waals surface area contributed by atoms with Gasteiger partial charge in [-0.05, 0) is 36.4 Å². The first-order valence-corrected chi connectivity index (χ1v) is 6.22. The van der Waals surface area contributed by atoms with E-state index in [1.54, 1.807) is 36.4 Å². The third kappa shape index (κ3) is 2.30. The molecule has 0 spiro atoms. The molecule has 1 aromatic carbocycles. The lowest BCUT2D eigenvalue weighted by Crippen LogP contribution is -2.22. The highest BCUT2D eigenvalue weighted by Gasteiger charge is 2.26. The van der Waals surface area contributed by atoms with Crippen LogP contribution in [0.2, 0.25) is 0 Å². The number of carbonyl (C=O) groups is 2. The molecule has 0 saturated carbocycles. The zero-order valence-electron chi connectivity index (χ0n) is 10.8. The van der Waals surface area contributed by atoms with Crippen molar-refractivity contribution in [2.45, 2.75) is 0 Å². The Hall–Kier alpha value is -3.26. The van der Waals surface area contributed by atoms with Crippen LogP contribution in [0, 0.1) is 11.3 Å². The first-order valence-electron chi connectivity index (χ1n) is 6.22. The van der Waals surface area contributed by atoms with Gasteiger partial charge in [-0.1, -0.05) is 0 Å². The monoisotopic (exact) mass is 275 g/mol. The minimum absolute atomic E-state index is 0.174. The predicted molar refractivity (Wildman–Crippen MR) is 75.8 cm³/mol. The number of hydrogen-bond acceptors (Lipinski definition) is 5. The number of Topliss-reactive ketones (excluding diaryl/α,β-unsaturated/α-hetero) is 1. The molecule has 100 valence electrons. The number of ketones is 2. The van der Waals surface area contributed by atoms with E-state index in [0.29, 0.717) is 16.8 Å². The largest absolute Gasteiger partial charge is 0.352 e. The molecule has 21 heavy (non-hydrogen) atoms. The van der Waals surface area contributed by atoms with Crippen LogP contribution in [-0.2, 0) is 0 Å². The molecule has 0 fully saturated rings. The molecule has 0 saturated heterocycles. The Balaban J connectivity index is 1.92. The van der Waals surface area contributed by atoms with Gasteiger partial charge in [-0.3, -0.25) is 14.6 Å². The minimum Gasteiger partial charge on any atom is -0.352 e. The summed E-state index contributed by atoms with van der Waals surface area (Å²) in [6, 6.07) is 11.8. The topological polar surface area (TPSA) is 82.8 Å². The van der Waals surface area contributed by atoms with Crippen LogP contribution in [0.1, 0.15) is 26.4 Å². The average molecular weight is 275 g/mol. The Morgan fingerprint density at radius 1 is 1.10 bits per heavy atom. The lowest BCUT2D eigenvalue weighted by molar-refractivity contribution is 0.0982. The summed E-state index contributed by atoms with van der Waals surface area (Å²) in [7, 11) is 0. The molecule has 1 heterocycles. The predicted octanol–water partition coefficient (Wildman–Crippen LogP) is 2.33. The van der Waals surface area contributed by atoms with E-state index >= 15 is 0 Å². The molecule has 0 atom stereocenters. The zero-order valence-corrected chi connectivity index (χ0v) is 10.8. The summed E-state index contributed by atoms with van der Waals surface area (Å²) < 4.78 is 0. The number of pyridine rings is 1. The van der Waals surface area contributed by atoms with Gasteiger partial charge in [0.15, 0.2) is 0 Å². The van der Waals surface area contributed by atoms with Crippen molar-refractivity contribution >= 4 is 17.3 Å². The fourth-order valence-corrected chi connectivity index (χ4v) is 2.07. The van der Waals surface area contributed by atoms with Crippen LogP contribution < -0.4 is 5.32 Å². The van der Waals surface area contributed by atoms with Crippen LogP contribution in [0.3, 0.4) is 0 Å². The van der Waals surface area contributed by atoms with Crippen LogP contribution in [0.5, 0.6) is 0 Å². The number of allylic oxidation sites excluding steroid dienone is 2. The third-order valence-corrected chi connectivity index (χ3v) is 3.10. The number of aromatic nitrogens is 1. The van der Waals surface area contributed by atoms with E-state index in [9.17, 15) is 9.59 Å². The third-order valence-electron chi connectivity index (χ3n) is 3.10. The number of benzene rings is 1. The van der Waals surface area contributed by atoms with Gasteiger partial charge in [-0.25, -0.2) is 0 Å². The van der Waals surface area contributed by atoms with Crippen molar-refractivity contribution in [1.82, 2.24) is 4.98 Å². The molecule has 2 aromatic rings. The van der Waals surface area contributed by atoms with E-state index in [1.807, 2.05) is 6.07 Å². The number of carbonyl (C=O) groups excluding carboxylic acids is 2. The van der Waals surface area contributed by atoms with E-state index in [2.05, 4.69) is 10.3 Å². The first kappa shape index (κ1) is 12.8. The Morgan fingerprint density at radius 3 is 2.57 bits per heavy atom. The molecule has 0 radical (unpaired) electrons. The van der Waals surface area contributed by atoms with Gasteiger partial charge in [0, 0.05) is 18.0 Å². The lowest BCUT2D eigenvalue weighted by Gasteiger charge is -2.15. The number of anilines is 1. The Kier molecular flexibility index (Phi) is 3.05. The second-order valence-corrected chi connectivity index (χ2v) is 4.47. The number of rotatable bonds is 2. The lowest BCUT2D eigenvalue weighted by atomic mass is 9.97. The van der Waals surface area contributed by atoms with Crippen molar-refractivity contribution in [2.24, 2.45) is 0 Å². The van der Waals surface area contributed by atoms with Gasteiger partial charge < -0.3 is 5.32 Å². The highest BCUT2D eigenvalue weighted by atomic mass is 16.1. The van der Waals surface area contributed by atoms with Crippen molar-refractivity contribution in [1.29, 1.82) is 5.26 Å². The molecule has 5 heteroatoms. The summed E-state index contributed by atoms with van der Waals surface area (Å²) in [4.78, 5) is 28.2. The molecular formula is C16H9N3O2. The minimum atomic E-state index is -0.304. The Bertz CT molecular complexity index is 814. The molecule has 1 N–H and O–H groups in total. The Labute approximate surface area is 120 Å². The van der Waals surface area contributed by atoms with Gasteiger partial charge in [0.25, 0.3) is 0 Å². The van der Waals surface area contributed by atoms with Crippen LogP contribution in [0.4, 0.5) is 5.69 Å². The molecule has 5 nitrogen and oxygen atoms in total. The van der Waals surface area contributed by atoms with Gasteiger partial charge in [-0.2, -0.15) is 5.26 Å². The van der Waals surface area contributed by atoms with E-state index in [4.69, 9.17) is 5.26 Å². The van der Waals surface area contributed by atoms with Crippen LogP contribution in [0.25, 0.3) is 0 Å². The van der Waals surface area contributed by atoms with Gasteiger partial charge >= 0.3 is 0 Å². The maximum atomic E-state index is 12.3. The van der Waals surface area contributed by atoms with Crippen molar-refractivity contribution in [3.63, 3.8) is 0 Å². The molecular weight excluding hydrogens is 266 g/mol. The molecule has 1 aliphatic rings. The summed E-state index contributed by atoms with van der Waals surface area (Å²) in [5.41, 5.74) is 1.82. The molecule has 3 rings (SSSR count). The number of nitriles is 1. The van der Waals surface area contributed by atoms with Gasteiger partial charge in [0.05, 0.1) is 22.9 Å². The summed E-state index contributed by atoms with van der Waals surface area (Å²) in [6.07, 6.45) is 2.73. The number of fused-ring (bicyclic) bond motifs is 1. The Morgan fingerprint density at radius 2 is 1.86 bits per heavy atom. The SMILES string of the molecule is N#Cc1ccc(NC2=CC(=O)c3ncccc3C2=O)cc1. The standard InChI is InChI=1S/C16H9N3O2/c17-9-10-3-5-11(6-4-10)19-13-8-14(20)15-12(16(13)21)2-1-7-18-15/h1-8,19H. The average Bonchev–Trinajstić information content (AvgIpc) is 2.53. The van der Waals surface area contributed by atoms with E-state index < -0.39 is 0 Å². The molecule has 0 aliphatic heterocycles. The van der Waals surface area contributed by atoms with Gasteiger partial charge in [0.1, 0.15) is 5.69 Å². The summed E-state index contributed by atoms with van der Waals surface area (Å²) in [5, 5.41) is 11.7. The molecule has 0 unspecified atom stereocenters. The van der Waals surface area contributed by atoms with Crippen LogP contribution in [0.15, 0.2) is 54.4 Å². The molecule has 1 aromatic heterocycles. The molecule has 0 bridgehead atoms. The second kappa shape index (κ2) is 5.02. The maximum absolute atomic E-state index is 12.3. The van der Waals surface area contributed by atoms with Crippen LogP contribution in [-0.4, -0.2) is 16.6 Å². The number of nitrogens with zero attached hydrogens (tertiary/aromatic N) is 2. The van der Waals surface area contributed by atoms with E-state index in [0.717, 1.165) is 0 Å². The van der Waals surface area contributed by atoms with Crippen molar-refractivity contribution in [3.8, 4) is 6.07 Å². The number of nitrogens with one attached hydrogen (secondary N) is 1. The zero-order chi connectivity index (χ0) is 14.8. The second-order valence-electron chi connectivity index (χ2n) is 4.47. The van der Waals surface area contributed by atoms with Gasteiger partial charge in [0.2, 0.25) is 11.6 Å². The van der Waals surface area contributed by atoms with Crippen molar-refractivity contribution in [3.05, 3.63) is 71.2 Å². The summed E-state index contributed by atoms with van der Waals surface area (Å²) in [6.45, 7) is 0. The first-order chi connectivity index (χ1) is 10.2. The summed E-state index contributed by atoms with van der Waals surface area (Å²) in [5.74, 6) is -0.580. The highest BCUT2D eigenvalue weighted by molar-refractivity contribution is 6.24. The maximum Gasteiger partial charge on any atom is 0.211 e. The fraction of sp³-hybridized carbons (Fsp3) is 0. The van der Waals surface area contributed by atoms with Crippen molar-refractivity contribution in [2.75, 3.05) is 5.32 Å². The molecule has 0 amide bonds. The van der Waals surface area contributed by atoms with E-state index in [-0.39, 0.29) is 23.0 Å². The van der Waals surface area contributed by atoms with Crippen LogP contribution >= 0.6 is 0 Å². The quantitative estimate of drug-likeness (QED) is 0.909. The fourth-order valence-electron chi connectivity index (χ4n) is 2.07. The van der Waals surface area contributed by atoms with Gasteiger partial charge in [-0.15, -0.1) is 0 Å². The smallest absolute Gasteiger partial charge is 0.211 e. The molecule has 1 aliphatic carbocycles.